The van der Waals surface area contributed by atoms with Crippen molar-refractivity contribution in [2.75, 3.05) is 7.11 Å². The molecule has 0 atom stereocenters. The molecule has 100 valence electrons. The minimum absolute atomic E-state index is 0.320. The number of nitrogens with zero attached hydrogens (tertiary/aromatic N) is 1. The highest BCUT2D eigenvalue weighted by Gasteiger charge is 2.17. The molecule has 0 saturated carbocycles. The first kappa shape index (κ1) is 13.2. The Morgan fingerprint density at radius 3 is 2.42 bits per heavy atom. The van der Waals surface area contributed by atoms with Crippen LogP contribution >= 0.6 is 0 Å². The predicted molar refractivity (Wildman–Crippen MR) is 73.5 cm³/mol. The maximum Gasteiger partial charge on any atom is 0.337 e. The molecule has 0 fully saturated rings. The maximum absolute atomic E-state index is 11.2. The number of carbonyl (C=O) groups is 1. The Morgan fingerprint density at radius 1 is 1.21 bits per heavy atom. The topological polar surface area (TPSA) is 51.5 Å². The lowest BCUT2D eigenvalue weighted by Gasteiger charge is -2.14. The molecular formula is C15H17NO3. The molecule has 2 aromatic rings. The Balaban J connectivity index is 2.72. The van der Waals surface area contributed by atoms with Gasteiger partial charge in [-0.2, -0.15) is 0 Å². The van der Waals surface area contributed by atoms with Gasteiger partial charge in [-0.05, 0) is 44.5 Å². The monoisotopic (exact) mass is 259 g/mol. The van der Waals surface area contributed by atoms with Crippen LogP contribution in [0.2, 0.25) is 0 Å². The van der Waals surface area contributed by atoms with E-state index >= 15 is 0 Å². The Kier molecular flexibility index (Phi) is 3.34. The molecule has 19 heavy (non-hydrogen) atoms. The number of hydrogen-bond donors (Lipinski definition) is 1. The number of aryl methyl sites for hydroxylation is 2. The second-order valence-electron chi connectivity index (χ2n) is 4.60. The average Bonchev–Trinajstić information content (AvgIpc) is 2.65. The van der Waals surface area contributed by atoms with Gasteiger partial charge in [-0.25, -0.2) is 4.79 Å². The van der Waals surface area contributed by atoms with E-state index < -0.39 is 5.97 Å². The van der Waals surface area contributed by atoms with E-state index in [0.717, 1.165) is 22.7 Å². The maximum atomic E-state index is 11.2. The van der Waals surface area contributed by atoms with Crippen LogP contribution in [0, 0.1) is 20.8 Å². The molecule has 0 spiro atoms. The summed E-state index contributed by atoms with van der Waals surface area (Å²) < 4.78 is 7.28. The summed E-state index contributed by atoms with van der Waals surface area (Å²) in [6.45, 7) is 5.69. The molecule has 0 bridgehead atoms. The minimum Gasteiger partial charge on any atom is -0.495 e. The zero-order valence-electron chi connectivity index (χ0n) is 11.5. The van der Waals surface area contributed by atoms with Gasteiger partial charge in [0.2, 0.25) is 0 Å². The van der Waals surface area contributed by atoms with Crippen LogP contribution < -0.4 is 4.74 Å². The van der Waals surface area contributed by atoms with E-state index in [1.54, 1.807) is 20.1 Å². The van der Waals surface area contributed by atoms with Crippen LogP contribution in [0.4, 0.5) is 0 Å². The quantitative estimate of drug-likeness (QED) is 0.921. The highest BCUT2D eigenvalue weighted by molar-refractivity contribution is 5.89. The molecule has 1 heterocycles. The average molecular weight is 259 g/mol. The largest absolute Gasteiger partial charge is 0.495 e. The molecule has 0 aliphatic carbocycles. The number of rotatable bonds is 3. The van der Waals surface area contributed by atoms with E-state index in [4.69, 9.17) is 4.74 Å². The number of methoxy groups -OCH3 is 1. The lowest BCUT2D eigenvalue weighted by Crippen LogP contribution is -2.04. The van der Waals surface area contributed by atoms with Gasteiger partial charge in [0.15, 0.2) is 0 Å². The zero-order chi connectivity index (χ0) is 14.2. The number of carboxylic acid groups (broad SMARTS) is 1. The van der Waals surface area contributed by atoms with Crippen LogP contribution in [0.3, 0.4) is 0 Å². The first-order valence-corrected chi connectivity index (χ1v) is 6.03. The Labute approximate surface area is 112 Å². The lowest BCUT2D eigenvalue weighted by molar-refractivity contribution is 0.0696. The molecular weight excluding hydrogens is 242 g/mol. The summed E-state index contributed by atoms with van der Waals surface area (Å²) in [5.41, 5.74) is 3.86. The first-order chi connectivity index (χ1) is 8.95. The van der Waals surface area contributed by atoms with Crippen LogP contribution in [0.1, 0.15) is 27.3 Å². The highest BCUT2D eigenvalue weighted by atomic mass is 16.5. The molecule has 4 heteroatoms. The minimum atomic E-state index is -0.911. The van der Waals surface area contributed by atoms with E-state index in [1.807, 2.05) is 36.6 Å². The number of carboxylic acids is 1. The number of aromatic nitrogens is 1. The second-order valence-corrected chi connectivity index (χ2v) is 4.60. The molecule has 1 aromatic heterocycles. The smallest absolute Gasteiger partial charge is 0.337 e. The van der Waals surface area contributed by atoms with E-state index in [1.165, 1.54) is 0 Å². The van der Waals surface area contributed by atoms with E-state index in [9.17, 15) is 9.90 Å². The second kappa shape index (κ2) is 4.80. The molecule has 0 saturated heterocycles. The van der Waals surface area contributed by atoms with Gasteiger partial charge >= 0.3 is 5.97 Å². The van der Waals surface area contributed by atoms with E-state index in [0.29, 0.717) is 11.3 Å². The van der Waals surface area contributed by atoms with Crippen molar-refractivity contribution in [1.82, 2.24) is 4.57 Å². The molecule has 2 rings (SSSR count). The van der Waals surface area contributed by atoms with Crippen molar-refractivity contribution in [2.45, 2.75) is 20.8 Å². The fourth-order valence-corrected chi connectivity index (χ4v) is 2.32. The van der Waals surface area contributed by atoms with Gasteiger partial charge in [-0.1, -0.05) is 6.07 Å². The third-order valence-corrected chi connectivity index (χ3v) is 3.24. The van der Waals surface area contributed by atoms with Crippen LogP contribution in [0.15, 0.2) is 24.3 Å². The van der Waals surface area contributed by atoms with Crippen molar-refractivity contribution >= 4 is 5.97 Å². The zero-order valence-corrected chi connectivity index (χ0v) is 11.5. The number of hydrogen-bond acceptors (Lipinski definition) is 2. The van der Waals surface area contributed by atoms with Crippen LogP contribution in [0.25, 0.3) is 5.69 Å². The fraction of sp³-hybridized carbons (Fsp3) is 0.267. The van der Waals surface area contributed by atoms with Crippen LogP contribution in [-0.2, 0) is 0 Å². The predicted octanol–water partition coefficient (Wildman–Crippen LogP) is 3.11. The molecule has 0 unspecified atom stereocenters. The third kappa shape index (κ3) is 2.21. The number of ether oxygens (including phenoxy) is 1. The van der Waals surface area contributed by atoms with Gasteiger partial charge in [0.1, 0.15) is 5.75 Å². The normalized spacial score (nSPS) is 10.5. The van der Waals surface area contributed by atoms with Crippen molar-refractivity contribution in [3.05, 3.63) is 46.8 Å². The van der Waals surface area contributed by atoms with Gasteiger partial charge in [-0.15, -0.1) is 0 Å². The van der Waals surface area contributed by atoms with Crippen LogP contribution in [0.5, 0.6) is 5.75 Å². The molecule has 0 aliphatic rings. The molecule has 0 radical (unpaired) electrons. The van der Waals surface area contributed by atoms with Crippen molar-refractivity contribution in [3.8, 4) is 11.4 Å². The number of aromatic carboxylic acids is 1. The Hall–Kier alpha value is -2.23. The summed E-state index contributed by atoms with van der Waals surface area (Å²) in [6.07, 6.45) is 0. The summed E-state index contributed by atoms with van der Waals surface area (Å²) in [5.74, 6) is -0.185. The van der Waals surface area contributed by atoms with Gasteiger partial charge in [0, 0.05) is 11.4 Å². The fourth-order valence-electron chi connectivity index (χ4n) is 2.32. The van der Waals surface area contributed by atoms with Gasteiger partial charge in [0.05, 0.1) is 18.4 Å². The van der Waals surface area contributed by atoms with Crippen molar-refractivity contribution in [2.24, 2.45) is 0 Å². The van der Waals surface area contributed by atoms with Gasteiger partial charge in [-0.3, -0.25) is 0 Å². The third-order valence-electron chi connectivity index (χ3n) is 3.24. The summed E-state index contributed by atoms with van der Waals surface area (Å²) in [6, 6.07) is 7.53. The van der Waals surface area contributed by atoms with E-state index in [2.05, 4.69) is 0 Å². The van der Waals surface area contributed by atoms with Gasteiger partial charge in [0.25, 0.3) is 0 Å². The standard InChI is InChI=1S/C15H17NO3/c1-9-5-6-14(19-4)13(7-9)16-10(2)8-12(11(16)3)15(17)18/h5-8H,1-4H3,(H,17,18). The summed E-state index contributed by atoms with van der Waals surface area (Å²) in [7, 11) is 1.61. The highest BCUT2D eigenvalue weighted by Crippen LogP contribution is 2.29. The molecule has 1 aromatic carbocycles. The SMILES string of the molecule is COc1ccc(C)cc1-n1c(C)cc(C(=O)O)c1C. The Bertz CT molecular complexity index is 641. The molecule has 0 aliphatic heterocycles. The van der Waals surface area contributed by atoms with Crippen molar-refractivity contribution in [1.29, 1.82) is 0 Å². The summed E-state index contributed by atoms with van der Waals surface area (Å²) in [4.78, 5) is 11.2. The lowest BCUT2D eigenvalue weighted by atomic mass is 10.2. The molecule has 1 N–H and O–H groups in total. The first-order valence-electron chi connectivity index (χ1n) is 6.03. The van der Waals surface area contributed by atoms with E-state index in [-0.39, 0.29) is 0 Å². The molecule has 4 nitrogen and oxygen atoms in total. The summed E-state index contributed by atoms with van der Waals surface area (Å²) in [5, 5.41) is 9.19. The van der Waals surface area contributed by atoms with Crippen molar-refractivity contribution < 1.29 is 14.6 Å². The summed E-state index contributed by atoms with van der Waals surface area (Å²) >= 11 is 0. The van der Waals surface area contributed by atoms with Crippen LogP contribution in [-0.4, -0.2) is 22.8 Å². The van der Waals surface area contributed by atoms with Gasteiger partial charge < -0.3 is 14.4 Å². The van der Waals surface area contributed by atoms with Crippen molar-refractivity contribution in [3.63, 3.8) is 0 Å². The molecule has 0 amide bonds. The Morgan fingerprint density at radius 2 is 1.89 bits per heavy atom. The number of benzene rings is 1.